The minimum absolute atomic E-state index is 0.0426. The number of Topliss-reactive ketones (excluding diaryl/α,β-unsaturated/α-hetero) is 1. The van der Waals surface area contributed by atoms with Gasteiger partial charge in [-0.15, -0.1) is 10.2 Å². The molecule has 1 aliphatic heterocycles. The Morgan fingerprint density at radius 2 is 1.62 bits per heavy atom. The maximum Gasteiger partial charge on any atom is 0.301 e. The number of aryl methyl sites for hydroxylation is 1. The Morgan fingerprint density at radius 1 is 0.949 bits per heavy atom. The van der Waals surface area contributed by atoms with Crippen LogP contribution < -0.4 is 4.90 Å². The third-order valence-electron chi connectivity index (χ3n) is 6.67. The predicted molar refractivity (Wildman–Crippen MR) is 157 cm³/mol. The number of carbonyl (C=O) groups excluding carboxylic acids is 2. The van der Waals surface area contributed by atoms with E-state index >= 15 is 0 Å². The standard InChI is InChI=1S/C31H29N3O3S2/c1-19-10-12-22(13-11-19)26(35)24-25(21-14-16-23(17-15-21)31(2,3)4)34(28(37)27(24)36)29-32-33-30(39-29)38-18-20-8-6-5-7-9-20/h5-17,25,35H,18H2,1-4H3/b26-24-. The van der Waals surface area contributed by atoms with Gasteiger partial charge >= 0.3 is 5.91 Å². The summed E-state index contributed by atoms with van der Waals surface area (Å²) >= 11 is 2.78. The first-order chi connectivity index (χ1) is 18.6. The number of amides is 1. The van der Waals surface area contributed by atoms with E-state index in [-0.39, 0.29) is 16.7 Å². The monoisotopic (exact) mass is 555 g/mol. The summed E-state index contributed by atoms with van der Waals surface area (Å²) < 4.78 is 0.691. The van der Waals surface area contributed by atoms with Crippen LogP contribution in [0.15, 0.2) is 88.8 Å². The van der Waals surface area contributed by atoms with E-state index in [0.29, 0.717) is 26.4 Å². The van der Waals surface area contributed by atoms with Gasteiger partial charge in [0.15, 0.2) is 4.34 Å². The van der Waals surface area contributed by atoms with Crippen molar-refractivity contribution < 1.29 is 14.7 Å². The number of benzene rings is 3. The number of hydrogen-bond acceptors (Lipinski definition) is 7. The van der Waals surface area contributed by atoms with Gasteiger partial charge in [0, 0.05) is 11.3 Å². The summed E-state index contributed by atoms with van der Waals surface area (Å²) in [7, 11) is 0. The molecule has 1 amide bonds. The molecule has 39 heavy (non-hydrogen) atoms. The van der Waals surface area contributed by atoms with E-state index < -0.39 is 17.7 Å². The lowest BCUT2D eigenvalue weighted by atomic mass is 9.85. The molecule has 3 aromatic carbocycles. The van der Waals surface area contributed by atoms with Crippen molar-refractivity contribution in [3.8, 4) is 0 Å². The van der Waals surface area contributed by atoms with Gasteiger partial charge in [-0.1, -0.05) is 128 Å². The minimum Gasteiger partial charge on any atom is -0.507 e. The third kappa shape index (κ3) is 5.53. The van der Waals surface area contributed by atoms with E-state index in [1.54, 1.807) is 12.1 Å². The lowest BCUT2D eigenvalue weighted by Gasteiger charge is -2.24. The van der Waals surface area contributed by atoms with Crippen molar-refractivity contribution in [2.24, 2.45) is 0 Å². The van der Waals surface area contributed by atoms with Crippen molar-refractivity contribution in [3.63, 3.8) is 0 Å². The molecule has 6 nitrogen and oxygen atoms in total. The average Bonchev–Trinajstić information content (AvgIpc) is 3.49. The zero-order valence-electron chi connectivity index (χ0n) is 22.2. The number of carbonyl (C=O) groups is 2. The van der Waals surface area contributed by atoms with Gasteiger partial charge in [0.2, 0.25) is 5.13 Å². The van der Waals surface area contributed by atoms with Crippen molar-refractivity contribution >= 4 is 45.7 Å². The van der Waals surface area contributed by atoms with Crippen LogP contribution >= 0.6 is 23.1 Å². The van der Waals surface area contributed by atoms with Crippen LogP contribution in [0.5, 0.6) is 0 Å². The van der Waals surface area contributed by atoms with Gasteiger partial charge in [-0.05, 0) is 29.0 Å². The first-order valence-corrected chi connectivity index (χ1v) is 14.4. The molecular formula is C31H29N3O3S2. The second-order valence-electron chi connectivity index (χ2n) is 10.5. The first kappa shape index (κ1) is 26.8. The molecule has 1 fully saturated rings. The van der Waals surface area contributed by atoms with Crippen LogP contribution in [0.2, 0.25) is 0 Å². The normalized spacial score (nSPS) is 17.1. The molecule has 4 aromatic rings. The van der Waals surface area contributed by atoms with E-state index in [1.807, 2.05) is 73.7 Å². The maximum atomic E-state index is 13.5. The van der Waals surface area contributed by atoms with Gasteiger partial charge in [-0.25, -0.2) is 0 Å². The Kier molecular flexibility index (Phi) is 7.42. The van der Waals surface area contributed by atoms with Crippen molar-refractivity contribution in [1.29, 1.82) is 0 Å². The summed E-state index contributed by atoms with van der Waals surface area (Å²) in [5.74, 6) is -0.973. The molecule has 1 unspecified atom stereocenters. The summed E-state index contributed by atoms with van der Waals surface area (Å²) in [6.45, 7) is 8.33. The number of aliphatic hydroxyl groups is 1. The van der Waals surface area contributed by atoms with Gasteiger partial charge in [0.05, 0.1) is 11.6 Å². The Morgan fingerprint density at radius 3 is 2.26 bits per heavy atom. The second kappa shape index (κ2) is 10.8. The van der Waals surface area contributed by atoms with E-state index in [2.05, 4.69) is 31.0 Å². The van der Waals surface area contributed by atoms with E-state index in [1.165, 1.54) is 28.0 Å². The maximum absolute atomic E-state index is 13.5. The molecule has 1 atom stereocenters. The first-order valence-electron chi connectivity index (χ1n) is 12.6. The molecule has 1 aliphatic rings. The van der Waals surface area contributed by atoms with E-state index in [9.17, 15) is 14.7 Å². The van der Waals surface area contributed by atoms with Crippen LogP contribution in [0.25, 0.3) is 5.76 Å². The Labute approximate surface area is 236 Å². The molecule has 198 valence electrons. The molecule has 8 heteroatoms. The van der Waals surface area contributed by atoms with Crippen LogP contribution in [0, 0.1) is 6.92 Å². The fraction of sp³-hybridized carbons (Fsp3) is 0.226. The van der Waals surface area contributed by atoms with Gasteiger partial charge < -0.3 is 5.11 Å². The number of rotatable bonds is 6. The number of nitrogens with zero attached hydrogens (tertiary/aromatic N) is 3. The summed E-state index contributed by atoms with van der Waals surface area (Å²) in [5.41, 5.74) is 4.47. The number of hydrogen-bond donors (Lipinski definition) is 1. The highest BCUT2D eigenvalue weighted by atomic mass is 32.2. The highest BCUT2D eigenvalue weighted by Gasteiger charge is 2.48. The van der Waals surface area contributed by atoms with Crippen molar-refractivity contribution in [2.75, 3.05) is 4.90 Å². The van der Waals surface area contributed by atoms with Crippen molar-refractivity contribution in [2.45, 2.75) is 49.2 Å². The zero-order valence-corrected chi connectivity index (χ0v) is 23.8. The SMILES string of the molecule is Cc1ccc(/C(O)=C2/C(=O)C(=O)N(c3nnc(SCc4ccccc4)s3)C2c2ccc(C(C)(C)C)cc2)cc1. The number of aromatic nitrogens is 2. The smallest absolute Gasteiger partial charge is 0.301 e. The summed E-state index contributed by atoms with van der Waals surface area (Å²) in [6.07, 6.45) is 0. The van der Waals surface area contributed by atoms with Crippen LogP contribution in [-0.2, 0) is 20.8 Å². The number of thioether (sulfide) groups is 1. The van der Waals surface area contributed by atoms with Crippen molar-refractivity contribution in [1.82, 2.24) is 10.2 Å². The van der Waals surface area contributed by atoms with E-state index in [4.69, 9.17) is 0 Å². The summed E-state index contributed by atoms with van der Waals surface area (Å²) in [4.78, 5) is 28.3. The van der Waals surface area contributed by atoms with Crippen LogP contribution in [0.1, 0.15) is 54.6 Å². The molecule has 1 saturated heterocycles. The molecule has 1 aromatic heterocycles. The van der Waals surface area contributed by atoms with Crippen LogP contribution in [0.3, 0.4) is 0 Å². The van der Waals surface area contributed by atoms with Crippen LogP contribution in [-0.4, -0.2) is 27.0 Å². The Hall–Kier alpha value is -3.75. The molecule has 0 spiro atoms. The van der Waals surface area contributed by atoms with Crippen LogP contribution in [0.4, 0.5) is 5.13 Å². The number of aliphatic hydroxyl groups excluding tert-OH is 1. The van der Waals surface area contributed by atoms with Gasteiger partial charge in [-0.2, -0.15) is 0 Å². The molecule has 0 saturated carbocycles. The minimum atomic E-state index is -0.833. The van der Waals surface area contributed by atoms with Gasteiger partial charge in [-0.3, -0.25) is 14.5 Å². The average molecular weight is 556 g/mol. The van der Waals surface area contributed by atoms with E-state index in [0.717, 1.165) is 16.7 Å². The molecular weight excluding hydrogens is 526 g/mol. The number of anilines is 1. The summed E-state index contributed by atoms with van der Waals surface area (Å²) in [6, 6.07) is 24.3. The van der Waals surface area contributed by atoms with Crippen molar-refractivity contribution in [3.05, 3.63) is 112 Å². The molecule has 1 N–H and O–H groups in total. The Bertz CT molecular complexity index is 1540. The molecule has 2 heterocycles. The quantitative estimate of drug-likeness (QED) is 0.0901. The third-order valence-corrected chi connectivity index (χ3v) is 8.80. The topological polar surface area (TPSA) is 83.4 Å². The fourth-order valence-corrected chi connectivity index (χ4v) is 6.28. The molecule has 0 aliphatic carbocycles. The highest BCUT2D eigenvalue weighted by Crippen LogP contribution is 2.44. The van der Waals surface area contributed by atoms with Gasteiger partial charge in [0.25, 0.3) is 5.78 Å². The summed E-state index contributed by atoms with van der Waals surface area (Å²) in [5, 5.41) is 20.3. The molecule has 5 rings (SSSR count). The number of ketones is 1. The lowest BCUT2D eigenvalue weighted by molar-refractivity contribution is -0.132. The largest absolute Gasteiger partial charge is 0.507 e. The lowest BCUT2D eigenvalue weighted by Crippen LogP contribution is -2.29. The predicted octanol–water partition coefficient (Wildman–Crippen LogP) is 7.06. The molecule has 0 bridgehead atoms. The zero-order chi connectivity index (χ0) is 27.7. The molecule has 0 radical (unpaired) electrons. The Balaban J connectivity index is 1.56. The van der Waals surface area contributed by atoms with Gasteiger partial charge in [0.1, 0.15) is 5.76 Å². The highest BCUT2D eigenvalue weighted by molar-refractivity contribution is 8.00. The second-order valence-corrected chi connectivity index (χ2v) is 12.7. The fourth-order valence-electron chi connectivity index (χ4n) is 4.46.